The first-order valence-electron chi connectivity index (χ1n) is 6.23. The number of aliphatic hydroxyl groups is 1. The van der Waals surface area contributed by atoms with E-state index in [-0.39, 0.29) is 18.0 Å². The fourth-order valence-electron chi connectivity index (χ4n) is 2.28. The van der Waals surface area contributed by atoms with Crippen LogP contribution in [0.3, 0.4) is 0 Å². The van der Waals surface area contributed by atoms with Crippen molar-refractivity contribution in [3.05, 3.63) is 34.3 Å². The zero-order valence-electron chi connectivity index (χ0n) is 11.2. The molecule has 120 valence electrons. The topological polar surface area (TPSA) is 83.6 Å². The number of hydrogen-bond acceptors (Lipinski definition) is 3. The molecule has 1 aliphatic heterocycles. The van der Waals surface area contributed by atoms with Crippen LogP contribution in [0, 0.1) is 0 Å². The monoisotopic (exact) mass is 336 g/mol. The highest BCUT2D eigenvalue weighted by atomic mass is 35.5. The molecular weight excluding hydrogens is 325 g/mol. The van der Waals surface area contributed by atoms with Gasteiger partial charge in [0, 0.05) is 18.0 Å². The van der Waals surface area contributed by atoms with E-state index in [1.165, 1.54) is 6.07 Å². The number of amides is 2. The molecule has 0 bridgehead atoms. The quantitative estimate of drug-likeness (QED) is 0.856. The van der Waals surface area contributed by atoms with E-state index >= 15 is 0 Å². The molecule has 0 saturated carbocycles. The van der Waals surface area contributed by atoms with Gasteiger partial charge in [0.05, 0.1) is 17.7 Å². The molecule has 0 aromatic heterocycles. The lowest BCUT2D eigenvalue weighted by Gasteiger charge is -2.21. The largest absolute Gasteiger partial charge is 0.417 e. The molecule has 2 amide bonds. The van der Waals surface area contributed by atoms with Crippen molar-refractivity contribution >= 4 is 23.4 Å². The lowest BCUT2D eigenvalue weighted by molar-refractivity contribution is -0.138. The van der Waals surface area contributed by atoms with Crippen LogP contribution in [0.1, 0.15) is 22.3 Å². The molecular formula is C13H12ClF3N2O3. The van der Waals surface area contributed by atoms with Gasteiger partial charge in [0.2, 0.25) is 0 Å². The Kier molecular flexibility index (Phi) is 4.09. The van der Waals surface area contributed by atoms with Gasteiger partial charge in [-0.25, -0.2) is 0 Å². The normalized spacial score (nSPS) is 22.0. The Labute approximate surface area is 128 Å². The lowest BCUT2D eigenvalue weighted by atomic mass is 10.0. The van der Waals surface area contributed by atoms with Gasteiger partial charge in [-0.3, -0.25) is 9.59 Å². The van der Waals surface area contributed by atoms with Crippen LogP contribution < -0.4 is 5.73 Å². The van der Waals surface area contributed by atoms with E-state index < -0.39 is 41.3 Å². The number of carbonyl (C=O) groups is 2. The molecule has 5 nitrogen and oxygen atoms in total. The number of benzene rings is 1. The van der Waals surface area contributed by atoms with E-state index in [0.717, 1.165) is 11.0 Å². The van der Waals surface area contributed by atoms with Crippen LogP contribution in [-0.4, -0.2) is 40.5 Å². The fourth-order valence-corrected chi connectivity index (χ4v) is 2.45. The summed E-state index contributed by atoms with van der Waals surface area (Å²) in [6, 6.07) is 2.79. The first-order valence-corrected chi connectivity index (χ1v) is 6.61. The van der Waals surface area contributed by atoms with E-state index in [2.05, 4.69) is 0 Å². The summed E-state index contributed by atoms with van der Waals surface area (Å²) in [6.45, 7) is -0.515. The van der Waals surface area contributed by atoms with E-state index in [9.17, 15) is 27.9 Å². The van der Waals surface area contributed by atoms with Crippen LogP contribution in [0.5, 0.6) is 0 Å². The highest BCUT2D eigenvalue weighted by Crippen LogP contribution is 2.35. The summed E-state index contributed by atoms with van der Waals surface area (Å²) in [6.07, 6.45) is -4.88. The number of halogens is 4. The Hall–Kier alpha value is -1.80. The number of alkyl halides is 3. The predicted octanol–water partition coefficient (Wildman–Crippen LogP) is 1.42. The van der Waals surface area contributed by atoms with Gasteiger partial charge in [0.1, 0.15) is 0 Å². The molecule has 3 N–H and O–H groups in total. The van der Waals surface area contributed by atoms with Crippen molar-refractivity contribution in [1.82, 2.24) is 4.90 Å². The molecule has 1 aliphatic rings. The molecule has 1 fully saturated rings. The third-order valence-electron chi connectivity index (χ3n) is 3.51. The SMILES string of the molecule is NC(=O)[C@@]1(O)CCN(C(=O)c2ccc(Cl)cc2C(F)(F)F)C1. The lowest BCUT2D eigenvalue weighted by Crippen LogP contribution is -2.46. The minimum absolute atomic E-state index is 0.0712. The number of nitrogens with zero attached hydrogens (tertiary/aromatic N) is 1. The maximum absolute atomic E-state index is 13.0. The zero-order valence-corrected chi connectivity index (χ0v) is 11.9. The van der Waals surface area contributed by atoms with Crippen LogP contribution in [-0.2, 0) is 11.0 Å². The summed E-state index contributed by atoms with van der Waals surface area (Å²) < 4.78 is 39.0. The Morgan fingerprint density at radius 3 is 2.50 bits per heavy atom. The molecule has 0 unspecified atom stereocenters. The van der Waals surface area contributed by atoms with Gasteiger partial charge in [-0.15, -0.1) is 0 Å². The number of primary amides is 1. The summed E-state index contributed by atoms with van der Waals surface area (Å²) in [5.74, 6) is -1.96. The molecule has 22 heavy (non-hydrogen) atoms. The number of rotatable bonds is 2. The number of carbonyl (C=O) groups excluding carboxylic acids is 2. The Morgan fingerprint density at radius 1 is 1.36 bits per heavy atom. The molecule has 1 aromatic rings. The van der Waals surface area contributed by atoms with Crippen LogP contribution in [0.15, 0.2) is 18.2 Å². The van der Waals surface area contributed by atoms with Gasteiger partial charge in [-0.1, -0.05) is 11.6 Å². The van der Waals surface area contributed by atoms with Crippen molar-refractivity contribution in [3.63, 3.8) is 0 Å². The summed E-state index contributed by atoms with van der Waals surface area (Å²) in [4.78, 5) is 24.4. The highest BCUT2D eigenvalue weighted by Gasteiger charge is 2.44. The van der Waals surface area contributed by atoms with E-state index in [1.807, 2.05) is 0 Å². The maximum atomic E-state index is 13.0. The molecule has 0 aliphatic carbocycles. The number of likely N-dealkylation sites (tertiary alicyclic amines) is 1. The minimum Gasteiger partial charge on any atom is -0.378 e. The number of β-amino-alcohol motifs (C(OH)–C–C–N with tert-alkyl or cyclic N) is 1. The fraction of sp³-hybridized carbons (Fsp3) is 0.385. The third kappa shape index (κ3) is 3.02. The summed E-state index contributed by atoms with van der Waals surface area (Å²) in [7, 11) is 0. The van der Waals surface area contributed by atoms with Crippen molar-refractivity contribution in [1.29, 1.82) is 0 Å². The second-order valence-electron chi connectivity index (χ2n) is 5.06. The van der Waals surface area contributed by atoms with Gasteiger partial charge >= 0.3 is 6.18 Å². The maximum Gasteiger partial charge on any atom is 0.417 e. The molecule has 9 heteroatoms. The smallest absolute Gasteiger partial charge is 0.378 e. The molecule has 0 spiro atoms. The van der Waals surface area contributed by atoms with Gasteiger partial charge in [-0.2, -0.15) is 13.2 Å². The Bertz CT molecular complexity index is 635. The Balaban J connectivity index is 2.34. The summed E-state index contributed by atoms with van der Waals surface area (Å²) >= 11 is 5.55. The van der Waals surface area contributed by atoms with Crippen LogP contribution in [0.2, 0.25) is 5.02 Å². The van der Waals surface area contributed by atoms with Crippen molar-refractivity contribution in [2.24, 2.45) is 5.73 Å². The zero-order chi connectivity index (χ0) is 16.7. The molecule has 1 atom stereocenters. The van der Waals surface area contributed by atoms with Crippen molar-refractivity contribution in [2.75, 3.05) is 13.1 Å². The van der Waals surface area contributed by atoms with E-state index in [0.29, 0.717) is 6.07 Å². The average Bonchev–Trinajstić information content (AvgIpc) is 2.81. The molecule has 1 heterocycles. The predicted molar refractivity (Wildman–Crippen MR) is 71.1 cm³/mol. The first-order chi connectivity index (χ1) is 10.0. The Morgan fingerprint density at radius 2 is 2.00 bits per heavy atom. The van der Waals surface area contributed by atoms with Gasteiger partial charge < -0.3 is 15.7 Å². The van der Waals surface area contributed by atoms with Gasteiger partial charge in [0.15, 0.2) is 5.60 Å². The van der Waals surface area contributed by atoms with Crippen molar-refractivity contribution in [3.8, 4) is 0 Å². The minimum atomic E-state index is -4.75. The van der Waals surface area contributed by atoms with Crippen molar-refractivity contribution < 1.29 is 27.9 Å². The number of hydrogen-bond donors (Lipinski definition) is 2. The second kappa shape index (κ2) is 5.44. The van der Waals surface area contributed by atoms with Crippen LogP contribution >= 0.6 is 11.6 Å². The van der Waals surface area contributed by atoms with E-state index in [1.54, 1.807) is 0 Å². The van der Waals surface area contributed by atoms with Gasteiger partial charge in [-0.05, 0) is 18.2 Å². The molecule has 1 saturated heterocycles. The number of nitrogens with two attached hydrogens (primary N) is 1. The van der Waals surface area contributed by atoms with Crippen LogP contribution in [0.25, 0.3) is 0 Å². The molecule has 2 rings (SSSR count). The second-order valence-corrected chi connectivity index (χ2v) is 5.50. The first kappa shape index (κ1) is 16.6. The van der Waals surface area contributed by atoms with Crippen LogP contribution in [0.4, 0.5) is 13.2 Å². The average molecular weight is 337 g/mol. The summed E-state index contributed by atoms with van der Waals surface area (Å²) in [5.41, 5.74) is 1.35. The molecule has 0 radical (unpaired) electrons. The summed E-state index contributed by atoms with van der Waals surface area (Å²) in [5, 5.41) is 9.74. The standard InChI is InChI=1S/C13H12ClF3N2O3/c14-7-1-2-8(9(5-7)13(15,16)17)10(20)19-4-3-12(22,6-19)11(18)21/h1-2,5,22H,3-4,6H2,(H2,18,21)/t12-/m1/s1. The highest BCUT2D eigenvalue weighted by molar-refractivity contribution is 6.30. The van der Waals surface area contributed by atoms with E-state index in [4.69, 9.17) is 17.3 Å². The molecule has 1 aromatic carbocycles. The third-order valence-corrected chi connectivity index (χ3v) is 3.75. The van der Waals surface area contributed by atoms with Crippen molar-refractivity contribution in [2.45, 2.75) is 18.2 Å². The van der Waals surface area contributed by atoms with Gasteiger partial charge in [0.25, 0.3) is 11.8 Å².